The molecule has 142 valence electrons. The summed E-state index contributed by atoms with van der Waals surface area (Å²) in [7, 11) is 0. The number of carbonyl (C=O) groups excluding carboxylic acids is 2. The fourth-order valence-corrected chi connectivity index (χ4v) is 3.61. The lowest BCUT2D eigenvalue weighted by Crippen LogP contribution is -2.28. The van der Waals surface area contributed by atoms with Gasteiger partial charge in [-0.2, -0.15) is 0 Å². The van der Waals surface area contributed by atoms with E-state index in [0.717, 1.165) is 32.7 Å². The van der Waals surface area contributed by atoms with Gasteiger partial charge in [-0.15, -0.1) is 0 Å². The summed E-state index contributed by atoms with van der Waals surface area (Å²) in [6.07, 6.45) is 0.216. The van der Waals surface area contributed by atoms with E-state index in [2.05, 4.69) is 21.2 Å². The zero-order valence-electron chi connectivity index (χ0n) is 15.7. The molecule has 1 saturated heterocycles. The maximum atomic E-state index is 12.7. The molecule has 0 saturated carbocycles. The number of nitrogens with zero attached hydrogens (tertiary/aromatic N) is 1. The molecule has 1 heterocycles. The lowest BCUT2D eigenvalue weighted by Gasteiger charge is -2.18. The van der Waals surface area contributed by atoms with Crippen LogP contribution < -0.4 is 15.0 Å². The zero-order chi connectivity index (χ0) is 19.6. The van der Waals surface area contributed by atoms with Crippen LogP contribution in [0.2, 0.25) is 0 Å². The SMILES string of the molecule is CCOc1ccc(N2C[C@@H](C(=O)Nc3ccc(Br)c(C)c3C)CC2=O)cc1. The van der Waals surface area contributed by atoms with Crippen LogP contribution in [-0.2, 0) is 9.59 Å². The highest BCUT2D eigenvalue weighted by molar-refractivity contribution is 9.10. The van der Waals surface area contributed by atoms with Crippen molar-refractivity contribution in [3.05, 3.63) is 52.0 Å². The molecule has 0 aromatic heterocycles. The van der Waals surface area contributed by atoms with Crippen molar-refractivity contribution >= 4 is 39.1 Å². The molecule has 1 aliphatic rings. The largest absolute Gasteiger partial charge is 0.494 e. The number of ether oxygens (including phenoxy) is 1. The molecular weight excluding hydrogens is 408 g/mol. The number of hydrogen-bond donors (Lipinski definition) is 1. The van der Waals surface area contributed by atoms with Gasteiger partial charge in [0.05, 0.1) is 12.5 Å². The van der Waals surface area contributed by atoms with Gasteiger partial charge in [0.15, 0.2) is 0 Å². The maximum Gasteiger partial charge on any atom is 0.229 e. The van der Waals surface area contributed by atoms with Crippen molar-refractivity contribution in [2.24, 2.45) is 5.92 Å². The standard InChI is InChI=1S/C21H23BrN2O3/c1-4-27-17-7-5-16(6-8-17)24-12-15(11-20(24)25)21(26)23-19-10-9-18(22)13(2)14(19)3/h5-10,15H,4,11-12H2,1-3H3,(H,23,26)/t15-/m0/s1. The number of benzene rings is 2. The first-order valence-electron chi connectivity index (χ1n) is 9.00. The number of carbonyl (C=O) groups is 2. The predicted octanol–water partition coefficient (Wildman–Crippen LogP) is 4.46. The summed E-state index contributed by atoms with van der Waals surface area (Å²) < 4.78 is 6.44. The van der Waals surface area contributed by atoms with E-state index in [-0.39, 0.29) is 24.2 Å². The normalized spacial score (nSPS) is 16.5. The summed E-state index contributed by atoms with van der Waals surface area (Å²) in [5.41, 5.74) is 3.68. The molecule has 1 fully saturated rings. The van der Waals surface area contributed by atoms with Crippen molar-refractivity contribution in [1.29, 1.82) is 0 Å². The topological polar surface area (TPSA) is 58.6 Å². The summed E-state index contributed by atoms with van der Waals surface area (Å²) in [6, 6.07) is 11.2. The van der Waals surface area contributed by atoms with Crippen molar-refractivity contribution in [2.75, 3.05) is 23.4 Å². The minimum absolute atomic E-state index is 0.0389. The number of rotatable bonds is 5. The van der Waals surface area contributed by atoms with Crippen molar-refractivity contribution in [1.82, 2.24) is 0 Å². The van der Waals surface area contributed by atoms with E-state index in [1.165, 1.54) is 0 Å². The van der Waals surface area contributed by atoms with E-state index in [0.29, 0.717) is 13.2 Å². The summed E-state index contributed by atoms with van der Waals surface area (Å²) in [4.78, 5) is 26.8. The highest BCUT2D eigenvalue weighted by Crippen LogP contribution is 2.29. The minimum atomic E-state index is -0.368. The van der Waals surface area contributed by atoms with Crippen LogP contribution in [0, 0.1) is 19.8 Å². The first kappa shape index (κ1) is 19.4. The maximum absolute atomic E-state index is 12.7. The van der Waals surface area contributed by atoms with Crippen molar-refractivity contribution in [3.63, 3.8) is 0 Å². The fourth-order valence-electron chi connectivity index (χ4n) is 3.18. The minimum Gasteiger partial charge on any atom is -0.494 e. The van der Waals surface area contributed by atoms with Crippen LogP contribution in [0.25, 0.3) is 0 Å². The predicted molar refractivity (Wildman–Crippen MR) is 110 cm³/mol. The van der Waals surface area contributed by atoms with Gasteiger partial charge in [-0.3, -0.25) is 9.59 Å². The molecule has 0 aliphatic carbocycles. The third-order valence-electron chi connectivity index (χ3n) is 4.93. The average molecular weight is 431 g/mol. The number of halogens is 1. The molecule has 0 spiro atoms. The molecular formula is C21H23BrN2O3. The molecule has 1 atom stereocenters. The summed E-state index contributed by atoms with van der Waals surface area (Å²) in [6.45, 7) is 6.88. The van der Waals surface area contributed by atoms with E-state index in [1.54, 1.807) is 4.90 Å². The Morgan fingerprint density at radius 1 is 1.19 bits per heavy atom. The Morgan fingerprint density at radius 2 is 1.89 bits per heavy atom. The second-order valence-corrected chi connectivity index (χ2v) is 7.52. The van der Waals surface area contributed by atoms with Gasteiger partial charge >= 0.3 is 0 Å². The number of anilines is 2. The van der Waals surface area contributed by atoms with Gasteiger partial charge < -0.3 is 15.0 Å². The lowest BCUT2D eigenvalue weighted by atomic mass is 10.1. The van der Waals surface area contributed by atoms with Crippen LogP contribution in [-0.4, -0.2) is 25.0 Å². The molecule has 6 heteroatoms. The van der Waals surface area contributed by atoms with Gasteiger partial charge in [-0.05, 0) is 68.3 Å². The van der Waals surface area contributed by atoms with Crippen LogP contribution in [0.4, 0.5) is 11.4 Å². The number of amides is 2. The molecule has 0 radical (unpaired) electrons. The van der Waals surface area contributed by atoms with Gasteiger partial charge in [-0.25, -0.2) is 0 Å². The van der Waals surface area contributed by atoms with E-state index in [1.807, 2.05) is 57.2 Å². The van der Waals surface area contributed by atoms with Crippen molar-refractivity contribution in [3.8, 4) is 5.75 Å². The van der Waals surface area contributed by atoms with Gasteiger partial charge in [-0.1, -0.05) is 15.9 Å². The molecule has 2 aromatic rings. The quantitative estimate of drug-likeness (QED) is 0.761. The Morgan fingerprint density at radius 3 is 2.56 bits per heavy atom. The number of hydrogen-bond acceptors (Lipinski definition) is 3. The molecule has 1 N–H and O–H groups in total. The highest BCUT2D eigenvalue weighted by atomic mass is 79.9. The van der Waals surface area contributed by atoms with E-state index < -0.39 is 0 Å². The molecule has 2 amide bonds. The van der Waals surface area contributed by atoms with E-state index in [4.69, 9.17) is 4.74 Å². The molecule has 27 heavy (non-hydrogen) atoms. The summed E-state index contributed by atoms with van der Waals surface area (Å²) in [5.74, 6) is 0.236. The van der Waals surface area contributed by atoms with Crippen LogP contribution in [0.3, 0.4) is 0 Å². The molecule has 5 nitrogen and oxygen atoms in total. The fraction of sp³-hybridized carbons (Fsp3) is 0.333. The third kappa shape index (κ3) is 4.16. The Balaban J connectivity index is 1.69. The van der Waals surface area contributed by atoms with Crippen molar-refractivity contribution < 1.29 is 14.3 Å². The van der Waals surface area contributed by atoms with E-state index >= 15 is 0 Å². The molecule has 0 unspecified atom stereocenters. The molecule has 3 rings (SSSR count). The second-order valence-electron chi connectivity index (χ2n) is 6.67. The average Bonchev–Trinajstić information content (AvgIpc) is 3.05. The lowest BCUT2D eigenvalue weighted by molar-refractivity contribution is -0.122. The molecule has 0 bridgehead atoms. The second kappa shape index (κ2) is 8.13. The van der Waals surface area contributed by atoms with Crippen LogP contribution in [0.1, 0.15) is 24.5 Å². The van der Waals surface area contributed by atoms with Gasteiger partial charge in [0.25, 0.3) is 0 Å². The van der Waals surface area contributed by atoms with Crippen LogP contribution in [0.5, 0.6) is 5.75 Å². The first-order chi connectivity index (χ1) is 12.9. The summed E-state index contributed by atoms with van der Waals surface area (Å²) >= 11 is 3.50. The van der Waals surface area contributed by atoms with Crippen molar-refractivity contribution in [2.45, 2.75) is 27.2 Å². The molecule has 1 aliphatic heterocycles. The van der Waals surface area contributed by atoms with Gasteiger partial charge in [0.1, 0.15) is 5.75 Å². The Kier molecular flexibility index (Phi) is 5.85. The molecule has 2 aromatic carbocycles. The van der Waals surface area contributed by atoms with Gasteiger partial charge in [0, 0.05) is 28.8 Å². The highest BCUT2D eigenvalue weighted by Gasteiger charge is 2.35. The third-order valence-corrected chi connectivity index (χ3v) is 5.79. The first-order valence-corrected chi connectivity index (χ1v) is 9.79. The van der Waals surface area contributed by atoms with Crippen LogP contribution >= 0.6 is 15.9 Å². The monoisotopic (exact) mass is 430 g/mol. The Labute approximate surface area is 167 Å². The summed E-state index contributed by atoms with van der Waals surface area (Å²) in [5, 5.41) is 2.98. The zero-order valence-corrected chi connectivity index (χ0v) is 17.3. The Hall–Kier alpha value is -2.34. The smallest absolute Gasteiger partial charge is 0.229 e. The number of nitrogens with one attached hydrogen (secondary N) is 1. The van der Waals surface area contributed by atoms with Gasteiger partial charge in [0.2, 0.25) is 11.8 Å². The Bertz CT molecular complexity index is 864. The van der Waals surface area contributed by atoms with E-state index in [9.17, 15) is 9.59 Å². The van der Waals surface area contributed by atoms with Crippen LogP contribution in [0.15, 0.2) is 40.9 Å².